The minimum absolute atomic E-state index is 0.301. The zero-order valence-corrected chi connectivity index (χ0v) is 11.5. The van der Waals surface area contributed by atoms with E-state index in [9.17, 15) is 4.79 Å². The number of aryl methyl sites for hydroxylation is 1. The Hall–Kier alpha value is -2.51. The van der Waals surface area contributed by atoms with Crippen molar-refractivity contribution in [2.75, 3.05) is 11.1 Å². The number of benzene rings is 2. The molecule has 0 radical (unpaired) electrons. The molecule has 0 saturated carbocycles. The van der Waals surface area contributed by atoms with Crippen molar-refractivity contribution in [3.05, 3.63) is 58.1 Å². The summed E-state index contributed by atoms with van der Waals surface area (Å²) >= 11 is 5.89. The second kappa shape index (κ2) is 5.64. The Morgan fingerprint density at radius 3 is 2.70 bits per heavy atom. The molecule has 100 valence electrons. The second-order valence-corrected chi connectivity index (χ2v) is 4.74. The van der Waals surface area contributed by atoms with Crippen molar-refractivity contribution in [3.63, 3.8) is 0 Å². The molecule has 0 aliphatic heterocycles. The van der Waals surface area contributed by atoms with E-state index in [4.69, 9.17) is 22.6 Å². The van der Waals surface area contributed by atoms with Gasteiger partial charge in [0.2, 0.25) is 0 Å². The smallest absolute Gasteiger partial charge is 0.255 e. The molecule has 1 amide bonds. The molecule has 0 fully saturated rings. The van der Waals surface area contributed by atoms with Crippen LogP contribution in [-0.2, 0) is 0 Å². The first-order valence-corrected chi connectivity index (χ1v) is 6.26. The van der Waals surface area contributed by atoms with Crippen molar-refractivity contribution in [1.82, 2.24) is 0 Å². The Bertz CT molecular complexity index is 720. The number of carbonyl (C=O) groups is 1. The van der Waals surface area contributed by atoms with Gasteiger partial charge in [0, 0.05) is 11.3 Å². The fourth-order valence-corrected chi connectivity index (χ4v) is 1.87. The average molecular weight is 286 g/mol. The van der Waals surface area contributed by atoms with Crippen LogP contribution in [0.4, 0.5) is 11.4 Å². The number of halogens is 1. The molecule has 0 heterocycles. The number of amides is 1. The Morgan fingerprint density at radius 2 is 2.05 bits per heavy atom. The Morgan fingerprint density at radius 1 is 1.30 bits per heavy atom. The van der Waals surface area contributed by atoms with Crippen LogP contribution in [0.2, 0.25) is 5.02 Å². The van der Waals surface area contributed by atoms with E-state index in [1.165, 1.54) is 6.07 Å². The Balaban J connectivity index is 2.28. The van der Waals surface area contributed by atoms with Gasteiger partial charge in [-0.05, 0) is 42.8 Å². The summed E-state index contributed by atoms with van der Waals surface area (Å²) in [4.78, 5) is 12.1. The summed E-state index contributed by atoms with van der Waals surface area (Å²) in [5.74, 6) is -0.301. The SMILES string of the molecule is Cc1ccc(C#N)cc1NC(=O)c1ccc(N)c(Cl)c1. The first-order valence-electron chi connectivity index (χ1n) is 5.88. The molecule has 0 unspecified atom stereocenters. The molecule has 20 heavy (non-hydrogen) atoms. The van der Waals surface area contributed by atoms with E-state index in [1.807, 2.05) is 13.0 Å². The summed E-state index contributed by atoms with van der Waals surface area (Å²) in [5, 5.41) is 12.0. The topological polar surface area (TPSA) is 78.9 Å². The van der Waals surface area contributed by atoms with Crippen molar-refractivity contribution < 1.29 is 4.79 Å². The van der Waals surface area contributed by atoms with Gasteiger partial charge in [-0.25, -0.2) is 0 Å². The lowest BCUT2D eigenvalue weighted by Gasteiger charge is -2.09. The van der Waals surface area contributed by atoms with E-state index >= 15 is 0 Å². The first-order chi connectivity index (χ1) is 9.51. The van der Waals surface area contributed by atoms with Crippen LogP contribution < -0.4 is 11.1 Å². The van der Waals surface area contributed by atoms with E-state index in [1.54, 1.807) is 30.3 Å². The van der Waals surface area contributed by atoms with Crippen LogP contribution in [-0.4, -0.2) is 5.91 Å². The van der Waals surface area contributed by atoms with Crippen LogP contribution in [0.15, 0.2) is 36.4 Å². The number of nitrogen functional groups attached to an aromatic ring is 1. The van der Waals surface area contributed by atoms with Crippen molar-refractivity contribution >= 4 is 28.9 Å². The maximum Gasteiger partial charge on any atom is 0.255 e. The van der Waals surface area contributed by atoms with Crippen LogP contribution >= 0.6 is 11.6 Å². The van der Waals surface area contributed by atoms with Crippen molar-refractivity contribution in [2.45, 2.75) is 6.92 Å². The summed E-state index contributed by atoms with van der Waals surface area (Å²) < 4.78 is 0. The number of nitrogens with zero attached hydrogens (tertiary/aromatic N) is 1. The van der Waals surface area contributed by atoms with E-state index in [0.717, 1.165) is 5.56 Å². The van der Waals surface area contributed by atoms with E-state index < -0.39 is 0 Å². The summed E-state index contributed by atoms with van der Waals surface area (Å²) in [6, 6.07) is 11.8. The first kappa shape index (κ1) is 13.9. The molecule has 0 atom stereocenters. The fraction of sp³-hybridized carbons (Fsp3) is 0.0667. The molecule has 4 nitrogen and oxygen atoms in total. The number of rotatable bonds is 2. The number of hydrogen-bond acceptors (Lipinski definition) is 3. The molecular weight excluding hydrogens is 274 g/mol. The monoisotopic (exact) mass is 285 g/mol. The highest BCUT2D eigenvalue weighted by Crippen LogP contribution is 2.22. The number of anilines is 2. The third-order valence-corrected chi connectivity index (χ3v) is 3.20. The van der Waals surface area contributed by atoms with Gasteiger partial charge in [-0.3, -0.25) is 4.79 Å². The molecular formula is C15H12ClN3O. The third-order valence-electron chi connectivity index (χ3n) is 2.88. The van der Waals surface area contributed by atoms with Crippen molar-refractivity contribution in [3.8, 4) is 6.07 Å². The van der Waals surface area contributed by atoms with Gasteiger partial charge in [0.05, 0.1) is 22.3 Å². The normalized spacial score (nSPS) is 9.85. The molecule has 2 aromatic carbocycles. The van der Waals surface area contributed by atoms with Crippen LogP contribution in [0.3, 0.4) is 0 Å². The third kappa shape index (κ3) is 2.90. The minimum atomic E-state index is -0.301. The Kier molecular flexibility index (Phi) is 3.92. The Labute approximate surface area is 121 Å². The molecule has 2 rings (SSSR count). The van der Waals surface area contributed by atoms with Gasteiger partial charge in [0.25, 0.3) is 5.91 Å². The molecule has 5 heteroatoms. The van der Waals surface area contributed by atoms with Crippen LogP contribution in [0.25, 0.3) is 0 Å². The van der Waals surface area contributed by atoms with Crippen LogP contribution in [0, 0.1) is 18.3 Å². The summed E-state index contributed by atoms with van der Waals surface area (Å²) in [7, 11) is 0. The standard InChI is InChI=1S/C15H12ClN3O/c1-9-2-3-10(8-17)6-14(9)19-15(20)11-4-5-13(18)12(16)7-11/h2-7H,18H2,1H3,(H,19,20). The molecule has 0 bridgehead atoms. The zero-order chi connectivity index (χ0) is 14.7. The van der Waals surface area contributed by atoms with Gasteiger partial charge in [-0.1, -0.05) is 17.7 Å². The maximum absolute atomic E-state index is 12.1. The largest absolute Gasteiger partial charge is 0.398 e. The number of nitriles is 1. The predicted molar refractivity (Wildman–Crippen MR) is 79.7 cm³/mol. The predicted octanol–water partition coefficient (Wildman–Crippen LogP) is 3.35. The number of hydrogen-bond donors (Lipinski definition) is 2. The minimum Gasteiger partial charge on any atom is -0.398 e. The molecule has 0 saturated heterocycles. The second-order valence-electron chi connectivity index (χ2n) is 4.33. The van der Waals surface area contributed by atoms with Gasteiger partial charge in [0.1, 0.15) is 0 Å². The van der Waals surface area contributed by atoms with E-state index in [-0.39, 0.29) is 5.91 Å². The van der Waals surface area contributed by atoms with Gasteiger partial charge in [-0.2, -0.15) is 5.26 Å². The van der Waals surface area contributed by atoms with Gasteiger partial charge in [0.15, 0.2) is 0 Å². The summed E-state index contributed by atoms with van der Waals surface area (Å²) in [6.45, 7) is 1.85. The highest BCUT2D eigenvalue weighted by molar-refractivity contribution is 6.33. The summed E-state index contributed by atoms with van der Waals surface area (Å²) in [5.41, 5.74) is 8.39. The highest BCUT2D eigenvalue weighted by Gasteiger charge is 2.10. The van der Waals surface area contributed by atoms with Gasteiger partial charge < -0.3 is 11.1 Å². The van der Waals surface area contributed by atoms with Gasteiger partial charge >= 0.3 is 0 Å². The molecule has 0 aromatic heterocycles. The lowest BCUT2D eigenvalue weighted by Crippen LogP contribution is -2.13. The highest BCUT2D eigenvalue weighted by atomic mass is 35.5. The quantitative estimate of drug-likeness (QED) is 0.831. The van der Waals surface area contributed by atoms with Crippen molar-refractivity contribution in [1.29, 1.82) is 5.26 Å². The molecule has 3 N–H and O–H groups in total. The molecule has 2 aromatic rings. The molecule has 0 aliphatic carbocycles. The van der Waals surface area contributed by atoms with Crippen molar-refractivity contribution in [2.24, 2.45) is 0 Å². The fourth-order valence-electron chi connectivity index (χ4n) is 1.69. The molecule has 0 aliphatic rings. The average Bonchev–Trinajstić information content (AvgIpc) is 2.44. The summed E-state index contributed by atoms with van der Waals surface area (Å²) in [6.07, 6.45) is 0. The number of nitrogens with one attached hydrogen (secondary N) is 1. The van der Waals surface area contributed by atoms with Gasteiger partial charge in [-0.15, -0.1) is 0 Å². The van der Waals surface area contributed by atoms with Crippen LogP contribution in [0.5, 0.6) is 0 Å². The number of carbonyl (C=O) groups excluding carboxylic acids is 1. The maximum atomic E-state index is 12.1. The van der Waals surface area contributed by atoms with Crippen LogP contribution in [0.1, 0.15) is 21.5 Å². The lowest BCUT2D eigenvalue weighted by atomic mass is 10.1. The molecule has 0 spiro atoms. The van der Waals surface area contributed by atoms with E-state index in [2.05, 4.69) is 5.32 Å². The number of nitrogens with two attached hydrogens (primary N) is 1. The van der Waals surface area contributed by atoms with E-state index in [0.29, 0.717) is 27.5 Å². The zero-order valence-electron chi connectivity index (χ0n) is 10.8. The lowest BCUT2D eigenvalue weighted by molar-refractivity contribution is 0.102.